The van der Waals surface area contributed by atoms with Gasteiger partial charge in [0.15, 0.2) is 0 Å². The van der Waals surface area contributed by atoms with Crippen molar-refractivity contribution >= 4 is 11.6 Å². The van der Waals surface area contributed by atoms with E-state index in [1.54, 1.807) is 30.5 Å². The summed E-state index contributed by atoms with van der Waals surface area (Å²) in [6, 6.07) is 9.12. The molecule has 0 radical (unpaired) electrons. The van der Waals surface area contributed by atoms with Crippen molar-refractivity contribution in [3.63, 3.8) is 0 Å². The highest BCUT2D eigenvalue weighted by molar-refractivity contribution is 5.90. The standard InChI is InChI=1S/C17H20FN3O2/c1-12(19)4-9-16(22)20-15-3-2-10-21(17(15)23)11-13-5-7-14(18)8-6-13/h2-3,5-8,10,12H,4,9,11,19H2,1H3,(H,20,22). The molecule has 0 aliphatic heterocycles. The predicted molar refractivity (Wildman–Crippen MR) is 87.7 cm³/mol. The van der Waals surface area contributed by atoms with Crippen LogP contribution < -0.4 is 16.6 Å². The molecule has 1 unspecified atom stereocenters. The summed E-state index contributed by atoms with van der Waals surface area (Å²) in [5, 5.41) is 2.61. The Kier molecular flexibility index (Phi) is 5.65. The lowest BCUT2D eigenvalue weighted by Gasteiger charge is -2.10. The summed E-state index contributed by atoms with van der Waals surface area (Å²) in [6.07, 6.45) is 2.45. The van der Waals surface area contributed by atoms with Crippen LogP contribution in [0.1, 0.15) is 25.3 Å². The van der Waals surface area contributed by atoms with E-state index in [4.69, 9.17) is 5.73 Å². The van der Waals surface area contributed by atoms with Crippen LogP contribution in [-0.2, 0) is 11.3 Å². The molecule has 0 bridgehead atoms. The quantitative estimate of drug-likeness (QED) is 0.856. The highest BCUT2D eigenvalue weighted by atomic mass is 19.1. The third-order valence-electron chi connectivity index (χ3n) is 3.39. The zero-order valence-electron chi connectivity index (χ0n) is 13.0. The monoisotopic (exact) mass is 317 g/mol. The number of nitrogens with one attached hydrogen (secondary N) is 1. The molecule has 1 amide bonds. The van der Waals surface area contributed by atoms with Gasteiger partial charge in [-0.25, -0.2) is 4.39 Å². The van der Waals surface area contributed by atoms with Gasteiger partial charge in [-0.2, -0.15) is 0 Å². The van der Waals surface area contributed by atoms with Crippen molar-refractivity contribution in [1.29, 1.82) is 0 Å². The highest BCUT2D eigenvalue weighted by Gasteiger charge is 2.09. The summed E-state index contributed by atoms with van der Waals surface area (Å²) in [5.74, 6) is -0.560. The summed E-state index contributed by atoms with van der Waals surface area (Å²) < 4.78 is 14.4. The Balaban J connectivity index is 2.10. The third-order valence-corrected chi connectivity index (χ3v) is 3.39. The van der Waals surface area contributed by atoms with Gasteiger partial charge in [-0.3, -0.25) is 9.59 Å². The van der Waals surface area contributed by atoms with Crippen LogP contribution in [0.3, 0.4) is 0 Å². The molecular formula is C17H20FN3O2. The summed E-state index contributed by atoms with van der Waals surface area (Å²) in [7, 11) is 0. The van der Waals surface area contributed by atoms with Crippen LogP contribution in [0.25, 0.3) is 0 Å². The largest absolute Gasteiger partial charge is 0.328 e. The Morgan fingerprint density at radius 1 is 1.30 bits per heavy atom. The maximum Gasteiger partial charge on any atom is 0.274 e. The first-order valence-corrected chi connectivity index (χ1v) is 7.45. The number of halogens is 1. The molecule has 0 saturated heterocycles. The summed E-state index contributed by atoms with van der Waals surface area (Å²) in [5.41, 5.74) is 6.34. The number of nitrogens with two attached hydrogens (primary N) is 1. The maximum atomic E-state index is 12.9. The van der Waals surface area contributed by atoms with E-state index in [1.165, 1.54) is 16.7 Å². The van der Waals surface area contributed by atoms with Gasteiger partial charge in [0, 0.05) is 18.7 Å². The number of carbonyl (C=O) groups is 1. The van der Waals surface area contributed by atoms with E-state index in [2.05, 4.69) is 5.32 Å². The molecule has 0 fully saturated rings. The molecule has 6 heteroatoms. The smallest absolute Gasteiger partial charge is 0.274 e. The second-order valence-corrected chi connectivity index (χ2v) is 5.55. The van der Waals surface area contributed by atoms with E-state index in [9.17, 15) is 14.0 Å². The molecule has 1 atom stereocenters. The molecule has 0 spiro atoms. The van der Waals surface area contributed by atoms with Crippen molar-refractivity contribution in [2.75, 3.05) is 5.32 Å². The number of carbonyl (C=O) groups excluding carboxylic acids is 1. The van der Waals surface area contributed by atoms with Gasteiger partial charge in [0.2, 0.25) is 5.91 Å². The Morgan fingerprint density at radius 3 is 2.65 bits per heavy atom. The van der Waals surface area contributed by atoms with Crippen LogP contribution in [-0.4, -0.2) is 16.5 Å². The fourth-order valence-corrected chi connectivity index (χ4v) is 2.11. The Hall–Kier alpha value is -2.47. The normalized spacial score (nSPS) is 12.0. The Labute approximate surface area is 133 Å². The van der Waals surface area contributed by atoms with E-state index in [1.807, 2.05) is 6.92 Å². The highest BCUT2D eigenvalue weighted by Crippen LogP contribution is 2.06. The average molecular weight is 317 g/mol. The minimum absolute atomic E-state index is 0.0633. The van der Waals surface area contributed by atoms with Crippen LogP contribution in [0.5, 0.6) is 0 Å². The van der Waals surface area contributed by atoms with Gasteiger partial charge in [-0.15, -0.1) is 0 Å². The lowest BCUT2D eigenvalue weighted by Crippen LogP contribution is -2.26. The summed E-state index contributed by atoms with van der Waals surface area (Å²) in [6.45, 7) is 2.13. The second-order valence-electron chi connectivity index (χ2n) is 5.55. The Bertz CT molecular complexity index is 723. The lowest BCUT2D eigenvalue weighted by atomic mass is 10.2. The van der Waals surface area contributed by atoms with E-state index in [-0.39, 0.29) is 35.4 Å². The van der Waals surface area contributed by atoms with Gasteiger partial charge in [0.05, 0.1) is 6.54 Å². The van der Waals surface area contributed by atoms with Crippen LogP contribution in [0.4, 0.5) is 10.1 Å². The van der Waals surface area contributed by atoms with Crippen molar-refractivity contribution in [2.24, 2.45) is 5.73 Å². The van der Waals surface area contributed by atoms with E-state index >= 15 is 0 Å². The van der Waals surface area contributed by atoms with Crippen LogP contribution in [0.15, 0.2) is 47.4 Å². The van der Waals surface area contributed by atoms with Crippen molar-refractivity contribution in [3.8, 4) is 0 Å². The van der Waals surface area contributed by atoms with Crippen molar-refractivity contribution in [1.82, 2.24) is 4.57 Å². The van der Waals surface area contributed by atoms with Gasteiger partial charge in [0.25, 0.3) is 5.56 Å². The summed E-state index contributed by atoms with van der Waals surface area (Å²) >= 11 is 0. The number of hydrogen-bond donors (Lipinski definition) is 2. The summed E-state index contributed by atoms with van der Waals surface area (Å²) in [4.78, 5) is 24.2. The molecule has 2 aromatic rings. The number of pyridine rings is 1. The predicted octanol–water partition coefficient (Wildman–Crippen LogP) is 2.10. The number of amides is 1. The number of benzene rings is 1. The topological polar surface area (TPSA) is 77.1 Å². The second kappa shape index (κ2) is 7.69. The van der Waals surface area contributed by atoms with Crippen LogP contribution >= 0.6 is 0 Å². The van der Waals surface area contributed by atoms with Crippen molar-refractivity contribution in [2.45, 2.75) is 32.4 Å². The SMILES string of the molecule is CC(N)CCC(=O)Nc1cccn(Cc2ccc(F)cc2)c1=O. The van der Waals surface area contributed by atoms with Gasteiger partial charge < -0.3 is 15.6 Å². The zero-order chi connectivity index (χ0) is 16.8. The fraction of sp³-hybridized carbons (Fsp3) is 0.294. The van der Waals surface area contributed by atoms with Crippen molar-refractivity contribution < 1.29 is 9.18 Å². The average Bonchev–Trinajstić information content (AvgIpc) is 2.51. The fourth-order valence-electron chi connectivity index (χ4n) is 2.11. The molecule has 1 aromatic heterocycles. The van der Waals surface area contributed by atoms with Crippen LogP contribution in [0, 0.1) is 5.82 Å². The molecule has 122 valence electrons. The first-order chi connectivity index (χ1) is 11.0. The minimum Gasteiger partial charge on any atom is -0.328 e. The van der Waals surface area contributed by atoms with Gasteiger partial charge >= 0.3 is 0 Å². The maximum absolute atomic E-state index is 12.9. The molecular weight excluding hydrogens is 297 g/mol. The Morgan fingerprint density at radius 2 is 2.00 bits per heavy atom. The molecule has 23 heavy (non-hydrogen) atoms. The first-order valence-electron chi connectivity index (χ1n) is 7.45. The molecule has 1 heterocycles. The number of nitrogens with zero attached hydrogens (tertiary/aromatic N) is 1. The minimum atomic E-state index is -0.323. The molecule has 3 N–H and O–H groups in total. The number of hydrogen-bond acceptors (Lipinski definition) is 3. The van der Waals surface area contributed by atoms with E-state index < -0.39 is 0 Å². The van der Waals surface area contributed by atoms with E-state index in [0.29, 0.717) is 13.0 Å². The third kappa shape index (κ3) is 5.03. The van der Waals surface area contributed by atoms with Gasteiger partial charge in [0.1, 0.15) is 11.5 Å². The molecule has 0 aliphatic rings. The molecule has 1 aromatic carbocycles. The zero-order valence-corrected chi connectivity index (χ0v) is 13.0. The van der Waals surface area contributed by atoms with Crippen LogP contribution in [0.2, 0.25) is 0 Å². The lowest BCUT2D eigenvalue weighted by molar-refractivity contribution is -0.116. The molecule has 0 saturated carbocycles. The van der Waals surface area contributed by atoms with E-state index in [0.717, 1.165) is 5.56 Å². The molecule has 2 rings (SSSR count). The number of aromatic nitrogens is 1. The number of anilines is 1. The number of rotatable bonds is 6. The first kappa shape index (κ1) is 16.9. The molecule has 5 nitrogen and oxygen atoms in total. The molecule has 0 aliphatic carbocycles. The van der Waals surface area contributed by atoms with Gasteiger partial charge in [-0.05, 0) is 43.2 Å². The van der Waals surface area contributed by atoms with Crippen molar-refractivity contribution in [3.05, 3.63) is 64.3 Å². The van der Waals surface area contributed by atoms with Gasteiger partial charge in [-0.1, -0.05) is 12.1 Å².